The number of aryl methyl sites for hydroxylation is 1. The average molecular weight is 392 g/mol. The van der Waals surface area contributed by atoms with Crippen molar-refractivity contribution in [1.29, 1.82) is 0 Å². The van der Waals surface area contributed by atoms with E-state index in [9.17, 15) is 19.5 Å². The van der Waals surface area contributed by atoms with Crippen LogP contribution in [0.5, 0.6) is 0 Å². The second-order valence-electron chi connectivity index (χ2n) is 7.75. The number of rotatable bonds is 5. The number of carboxylic acids is 1. The van der Waals surface area contributed by atoms with Crippen LogP contribution in [0.3, 0.4) is 0 Å². The van der Waals surface area contributed by atoms with Gasteiger partial charge in [-0.3, -0.25) is 9.59 Å². The summed E-state index contributed by atoms with van der Waals surface area (Å²) >= 11 is 0. The summed E-state index contributed by atoms with van der Waals surface area (Å²) in [5.74, 6) is -1.53. The molecule has 29 heavy (non-hydrogen) atoms. The van der Waals surface area contributed by atoms with E-state index < -0.39 is 24.1 Å². The smallest absolute Gasteiger partial charge is 0.326 e. The van der Waals surface area contributed by atoms with Crippen molar-refractivity contribution in [3.63, 3.8) is 0 Å². The molecule has 2 aliphatic rings. The number of hydrogen-bond donors (Lipinski definition) is 1. The summed E-state index contributed by atoms with van der Waals surface area (Å²) in [5, 5.41) is 9.86. The summed E-state index contributed by atoms with van der Waals surface area (Å²) in [6.45, 7) is 2.03. The summed E-state index contributed by atoms with van der Waals surface area (Å²) in [7, 11) is 0. The minimum atomic E-state index is -1.07. The summed E-state index contributed by atoms with van der Waals surface area (Å²) in [6.07, 6.45) is 1.22. The number of piperazine rings is 1. The topological polar surface area (TPSA) is 77.9 Å². The van der Waals surface area contributed by atoms with Crippen LogP contribution in [0.25, 0.3) is 0 Å². The second-order valence-corrected chi connectivity index (χ2v) is 7.75. The van der Waals surface area contributed by atoms with E-state index >= 15 is 0 Å². The van der Waals surface area contributed by atoms with Crippen molar-refractivity contribution in [2.45, 2.75) is 50.9 Å². The van der Waals surface area contributed by atoms with Crippen LogP contribution in [-0.2, 0) is 33.8 Å². The molecule has 0 radical (unpaired) electrons. The van der Waals surface area contributed by atoms with E-state index in [4.69, 9.17) is 0 Å². The highest BCUT2D eigenvalue weighted by atomic mass is 16.4. The van der Waals surface area contributed by atoms with Crippen LogP contribution in [0.1, 0.15) is 30.0 Å². The maximum atomic E-state index is 13.4. The molecule has 0 saturated carbocycles. The number of carbonyl (C=O) groups excluding carboxylic acids is 2. The first-order chi connectivity index (χ1) is 14.0. The number of hydrogen-bond acceptors (Lipinski definition) is 3. The molecule has 0 aliphatic carbocycles. The minimum Gasteiger partial charge on any atom is -0.480 e. The molecule has 1 N–H and O–H groups in total. The molecule has 3 atom stereocenters. The van der Waals surface area contributed by atoms with E-state index in [0.717, 1.165) is 16.7 Å². The third kappa shape index (κ3) is 3.50. The van der Waals surface area contributed by atoms with Gasteiger partial charge >= 0.3 is 5.97 Å². The van der Waals surface area contributed by atoms with Gasteiger partial charge in [-0.15, -0.1) is 0 Å². The standard InChI is InChI=1S/C23H24N2O4/c1-15-21(26)24-14-18-10-6-5-9-17(18)13-20(24)22(27)25(15)19(23(28)29)12-11-16-7-3-2-4-8-16/h2-10,15,19-20H,11-14H2,1H3,(H,28,29)/t15-,19-,20-/m0/s1. The molecular formula is C23H24N2O4. The Morgan fingerprint density at radius 1 is 1.03 bits per heavy atom. The van der Waals surface area contributed by atoms with E-state index in [1.807, 2.05) is 54.6 Å². The SMILES string of the molecule is C[C@H]1C(=O)N2Cc3ccccc3C[C@H]2C(=O)N1[C@@H](CCc1ccccc1)C(=O)O. The molecule has 1 fully saturated rings. The van der Waals surface area contributed by atoms with Crippen molar-refractivity contribution in [3.05, 3.63) is 71.3 Å². The van der Waals surface area contributed by atoms with Crippen molar-refractivity contribution in [2.24, 2.45) is 0 Å². The summed E-state index contributed by atoms with van der Waals surface area (Å²) in [4.78, 5) is 41.4. The molecule has 0 bridgehead atoms. The van der Waals surface area contributed by atoms with Gasteiger partial charge in [0, 0.05) is 13.0 Å². The molecule has 150 valence electrons. The van der Waals surface area contributed by atoms with Gasteiger partial charge in [-0.2, -0.15) is 0 Å². The van der Waals surface area contributed by atoms with Crippen molar-refractivity contribution in [3.8, 4) is 0 Å². The van der Waals surface area contributed by atoms with Gasteiger partial charge in [-0.1, -0.05) is 54.6 Å². The highest BCUT2D eigenvalue weighted by molar-refractivity contribution is 5.99. The van der Waals surface area contributed by atoms with Crippen LogP contribution in [0.15, 0.2) is 54.6 Å². The molecule has 0 unspecified atom stereocenters. The van der Waals surface area contributed by atoms with Crippen LogP contribution in [0, 0.1) is 0 Å². The number of aliphatic carboxylic acids is 1. The maximum absolute atomic E-state index is 13.4. The van der Waals surface area contributed by atoms with Crippen molar-refractivity contribution >= 4 is 17.8 Å². The van der Waals surface area contributed by atoms with Gasteiger partial charge in [0.05, 0.1) is 0 Å². The molecule has 0 aromatic heterocycles. The lowest BCUT2D eigenvalue weighted by Gasteiger charge is -2.48. The lowest BCUT2D eigenvalue weighted by Crippen LogP contribution is -2.68. The second kappa shape index (κ2) is 7.70. The summed E-state index contributed by atoms with van der Waals surface area (Å²) < 4.78 is 0. The van der Waals surface area contributed by atoms with Gasteiger partial charge in [0.15, 0.2) is 0 Å². The van der Waals surface area contributed by atoms with Gasteiger partial charge in [-0.25, -0.2) is 4.79 Å². The number of benzene rings is 2. The normalized spacial score (nSPS) is 22.1. The van der Waals surface area contributed by atoms with Gasteiger partial charge in [0.1, 0.15) is 18.1 Å². The first-order valence-electron chi connectivity index (χ1n) is 9.93. The van der Waals surface area contributed by atoms with Crippen molar-refractivity contribution in [1.82, 2.24) is 9.80 Å². The molecule has 6 nitrogen and oxygen atoms in total. The number of fused-ring (bicyclic) bond motifs is 2. The van der Waals surface area contributed by atoms with E-state index in [2.05, 4.69) is 0 Å². The fourth-order valence-corrected chi connectivity index (χ4v) is 4.45. The highest BCUT2D eigenvalue weighted by Gasteiger charge is 2.49. The lowest BCUT2D eigenvalue weighted by atomic mass is 9.89. The maximum Gasteiger partial charge on any atom is 0.326 e. The number of carboxylic acid groups (broad SMARTS) is 1. The molecule has 2 heterocycles. The minimum absolute atomic E-state index is 0.185. The fourth-order valence-electron chi connectivity index (χ4n) is 4.45. The molecule has 1 saturated heterocycles. The Hall–Kier alpha value is -3.15. The predicted octanol–water partition coefficient (Wildman–Crippen LogP) is 2.26. The fraction of sp³-hybridized carbons (Fsp3) is 0.348. The van der Waals surface area contributed by atoms with Crippen LogP contribution < -0.4 is 0 Å². The Morgan fingerprint density at radius 2 is 1.69 bits per heavy atom. The number of nitrogens with zero attached hydrogens (tertiary/aromatic N) is 2. The Morgan fingerprint density at radius 3 is 2.38 bits per heavy atom. The summed E-state index contributed by atoms with van der Waals surface area (Å²) in [5.41, 5.74) is 3.10. The van der Waals surface area contributed by atoms with Crippen molar-refractivity contribution in [2.75, 3.05) is 0 Å². The monoisotopic (exact) mass is 392 g/mol. The zero-order valence-electron chi connectivity index (χ0n) is 16.3. The molecule has 2 aromatic carbocycles. The molecule has 2 aromatic rings. The molecule has 2 amide bonds. The van der Waals surface area contributed by atoms with E-state index in [-0.39, 0.29) is 18.2 Å². The van der Waals surface area contributed by atoms with E-state index in [1.54, 1.807) is 11.8 Å². The number of amides is 2. The Labute approximate surface area is 169 Å². The van der Waals surface area contributed by atoms with Gasteiger partial charge in [0.2, 0.25) is 11.8 Å². The average Bonchev–Trinajstić information content (AvgIpc) is 2.74. The highest BCUT2D eigenvalue weighted by Crippen LogP contribution is 2.31. The predicted molar refractivity (Wildman–Crippen MR) is 107 cm³/mol. The van der Waals surface area contributed by atoms with Crippen LogP contribution >= 0.6 is 0 Å². The molecule has 6 heteroatoms. The Bertz CT molecular complexity index is 943. The molecular weight excluding hydrogens is 368 g/mol. The first-order valence-corrected chi connectivity index (χ1v) is 9.93. The molecule has 4 rings (SSSR count). The van der Waals surface area contributed by atoms with Gasteiger partial charge in [-0.05, 0) is 36.5 Å². The zero-order chi connectivity index (χ0) is 20.5. The Balaban J connectivity index is 1.60. The molecule has 2 aliphatic heterocycles. The summed E-state index contributed by atoms with van der Waals surface area (Å²) in [6, 6.07) is 14.9. The van der Waals surface area contributed by atoms with E-state index in [1.165, 1.54) is 4.90 Å². The van der Waals surface area contributed by atoms with Crippen molar-refractivity contribution < 1.29 is 19.5 Å². The Kier molecular flexibility index (Phi) is 5.09. The first kappa shape index (κ1) is 19.2. The molecule has 0 spiro atoms. The van der Waals surface area contributed by atoms with Crippen LogP contribution in [-0.4, -0.2) is 50.8 Å². The lowest BCUT2D eigenvalue weighted by molar-refractivity contribution is -0.170. The van der Waals surface area contributed by atoms with Gasteiger partial charge < -0.3 is 14.9 Å². The largest absolute Gasteiger partial charge is 0.480 e. The third-order valence-corrected chi connectivity index (χ3v) is 6.02. The zero-order valence-corrected chi connectivity index (χ0v) is 16.3. The van der Waals surface area contributed by atoms with Crippen LogP contribution in [0.2, 0.25) is 0 Å². The number of carbonyl (C=O) groups is 3. The van der Waals surface area contributed by atoms with Gasteiger partial charge in [0.25, 0.3) is 0 Å². The third-order valence-electron chi connectivity index (χ3n) is 6.02. The van der Waals surface area contributed by atoms with E-state index in [0.29, 0.717) is 19.4 Å². The van der Waals surface area contributed by atoms with Crippen LogP contribution in [0.4, 0.5) is 0 Å². The quantitative estimate of drug-likeness (QED) is 0.847.